The molecule has 3 rings (SSSR count). The number of nitrogens with zero attached hydrogens (tertiary/aromatic N) is 2. The van der Waals surface area contributed by atoms with Gasteiger partial charge in [0.2, 0.25) is 10.0 Å². The normalized spacial score (nSPS) is 22.8. The molecular formula is C18H28N2O2S. The van der Waals surface area contributed by atoms with E-state index >= 15 is 0 Å². The van der Waals surface area contributed by atoms with Gasteiger partial charge in [0.05, 0.1) is 4.90 Å². The molecule has 0 aromatic heterocycles. The number of rotatable bonds is 3. The van der Waals surface area contributed by atoms with Crippen molar-refractivity contribution in [2.45, 2.75) is 56.4 Å². The molecule has 1 aromatic carbocycles. The molecule has 1 saturated heterocycles. The van der Waals surface area contributed by atoms with Crippen molar-refractivity contribution in [3.05, 3.63) is 29.8 Å². The molecule has 1 aromatic rings. The Bertz CT molecular complexity index is 596. The second-order valence-electron chi connectivity index (χ2n) is 6.90. The van der Waals surface area contributed by atoms with E-state index in [1.807, 2.05) is 19.1 Å². The third-order valence-electron chi connectivity index (χ3n) is 5.27. The molecule has 5 heteroatoms. The van der Waals surface area contributed by atoms with E-state index in [1.165, 1.54) is 38.5 Å². The van der Waals surface area contributed by atoms with Crippen LogP contribution < -0.4 is 0 Å². The van der Waals surface area contributed by atoms with Crippen LogP contribution in [0.25, 0.3) is 0 Å². The molecule has 0 atom stereocenters. The molecule has 0 bridgehead atoms. The minimum atomic E-state index is -3.33. The molecular weight excluding hydrogens is 308 g/mol. The third-order valence-corrected chi connectivity index (χ3v) is 7.19. The SMILES string of the molecule is Cc1ccc(S(=O)(=O)N2CCN(C3CCCCCC3)CC2)cc1. The first-order valence-corrected chi connectivity index (χ1v) is 10.3. The van der Waals surface area contributed by atoms with E-state index in [4.69, 9.17) is 0 Å². The molecule has 4 nitrogen and oxygen atoms in total. The van der Waals surface area contributed by atoms with E-state index < -0.39 is 10.0 Å². The summed E-state index contributed by atoms with van der Waals surface area (Å²) >= 11 is 0. The van der Waals surface area contributed by atoms with Crippen molar-refractivity contribution in [1.82, 2.24) is 9.21 Å². The summed E-state index contributed by atoms with van der Waals surface area (Å²) in [5.74, 6) is 0. The summed E-state index contributed by atoms with van der Waals surface area (Å²) in [6.45, 7) is 4.95. The van der Waals surface area contributed by atoms with E-state index in [2.05, 4.69) is 4.90 Å². The smallest absolute Gasteiger partial charge is 0.243 e. The minimum Gasteiger partial charge on any atom is -0.298 e. The standard InChI is InChI=1S/C18H28N2O2S/c1-16-8-10-18(11-9-16)23(21,22)20-14-12-19(13-15-20)17-6-4-2-3-5-7-17/h8-11,17H,2-7,12-15H2,1H3. The maximum Gasteiger partial charge on any atom is 0.243 e. The molecule has 1 heterocycles. The van der Waals surface area contributed by atoms with Gasteiger partial charge in [-0.2, -0.15) is 4.31 Å². The number of piperazine rings is 1. The molecule has 2 aliphatic rings. The van der Waals surface area contributed by atoms with Crippen LogP contribution in [0, 0.1) is 6.92 Å². The summed E-state index contributed by atoms with van der Waals surface area (Å²) in [4.78, 5) is 2.94. The summed E-state index contributed by atoms with van der Waals surface area (Å²) in [5.41, 5.74) is 1.09. The highest BCUT2D eigenvalue weighted by Gasteiger charge is 2.31. The predicted octanol–water partition coefficient (Wildman–Crippen LogP) is 3.02. The number of sulfonamides is 1. The Morgan fingerprint density at radius 3 is 2.00 bits per heavy atom. The number of hydrogen-bond acceptors (Lipinski definition) is 3. The molecule has 0 amide bonds. The van der Waals surface area contributed by atoms with Gasteiger partial charge in [0.1, 0.15) is 0 Å². The van der Waals surface area contributed by atoms with Crippen LogP contribution in [0.3, 0.4) is 0 Å². The second-order valence-corrected chi connectivity index (χ2v) is 8.84. The van der Waals surface area contributed by atoms with Crippen molar-refractivity contribution in [3.8, 4) is 0 Å². The lowest BCUT2D eigenvalue weighted by atomic mass is 10.1. The zero-order valence-corrected chi connectivity index (χ0v) is 14.9. The molecule has 0 spiro atoms. The lowest BCUT2D eigenvalue weighted by Gasteiger charge is -2.38. The summed E-state index contributed by atoms with van der Waals surface area (Å²) in [6.07, 6.45) is 7.94. The maximum atomic E-state index is 12.7. The van der Waals surface area contributed by atoms with Crippen LogP contribution in [0.5, 0.6) is 0 Å². The minimum absolute atomic E-state index is 0.422. The molecule has 0 radical (unpaired) electrons. The molecule has 128 valence electrons. The van der Waals surface area contributed by atoms with Gasteiger partial charge in [0.25, 0.3) is 0 Å². The fourth-order valence-electron chi connectivity index (χ4n) is 3.79. The maximum absolute atomic E-state index is 12.7. The molecule has 1 aliphatic carbocycles. The van der Waals surface area contributed by atoms with Crippen molar-refractivity contribution in [1.29, 1.82) is 0 Å². The van der Waals surface area contributed by atoms with Crippen molar-refractivity contribution in [2.24, 2.45) is 0 Å². The quantitative estimate of drug-likeness (QED) is 0.797. The first-order chi connectivity index (χ1) is 11.1. The van der Waals surface area contributed by atoms with Crippen LogP contribution in [0.15, 0.2) is 29.2 Å². The Morgan fingerprint density at radius 2 is 1.43 bits per heavy atom. The van der Waals surface area contributed by atoms with Crippen LogP contribution in [0.1, 0.15) is 44.1 Å². The van der Waals surface area contributed by atoms with Gasteiger partial charge in [-0.25, -0.2) is 8.42 Å². The highest BCUT2D eigenvalue weighted by Crippen LogP contribution is 2.24. The predicted molar refractivity (Wildman–Crippen MR) is 93.0 cm³/mol. The van der Waals surface area contributed by atoms with Gasteiger partial charge < -0.3 is 0 Å². The largest absolute Gasteiger partial charge is 0.298 e. The second kappa shape index (κ2) is 7.32. The molecule has 0 N–H and O–H groups in total. The number of aryl methyl sites for hydroxylation is 1. The Balaban J connectivity index is 1.62. The lowest BCUT2D eigenvalue weighted by molar-refractivity contribution is 0.126. The number of benzene rings is 1. The van der Waals surface area contributed by atoms with Crippen LogP contribution in [0.2, 0.25) is 0 Å². The summed E-state index contributed by atoms with van der Waals surface area (Å²) in [7, 11) is -3.33. The van der Waals surface area contributed by atoms with Crippen LogP contribution in [-0.2, 0) is 10.0 Å². The van der Waals surface area contributed by atoms with Crippen LogP contribution in [-0.4, -0.2) is 49.8 Å². The van der Waals surface area contributed by atoms with Crippen molar-refractivity contribution < 1.29 is 8.42 Å². The van der Waals surface area contributed by atoms with Crippen LogP contribution in [0.4, 0.5) is 0 Å². The van der Waals surface area contributed by atoms with Gasteiger partial charge in [-0.15, -0.1) is 0 Å². The summed E-state index contributed by atoms with van der Waals surface area (Å²) < 4.78 is 27.1. The first-order valence-electron chi connectivity index (χ1n) is 8.88. The Labute approximate surface area is 140 Å². The van der Waals surface area contributed by atoms with Gasteiger partial charge in [0, 0.05) is 32.2 Å². The van der Waals surface area contributed by atoms with Crippen LogP contribution >= 0.6 is 0 Å². The monoisotopic (exact) mass is 336 g/mol. The summed E-state index contributed by atoms with van der Waals surface area (Å²) in [5, 5.41) is 0. The molecule has 1 aliphatic heterocycles. The third kappa shape index (κ3) is 3.95. The van der Waals surface area contributed by atoms with Gasteiger partial charge in [-0.3, -0.25) is 4.90 Å². The Morgan fingerprint density at radius 1 is 0.870 bits per heavy atom. The van der Waals surface area contributed by atoms with Gasteiger partial charge in [-0.1, -0.05) is 43.4 Å². The fraction of sp³-hybridized carbons (Fsp3) is 0.667. The van der Waals surface area contributed by atoms with E-state index in [0.29, 0.717) is 24.0 Å². The van der Waals surface area contributed by atoms with Crippen molar-refractivity contribution in [2.75, 3.05) is 26.2 Å². The number of hydrogen-bond donors (Lipinski definition) is 0. The Kier molecular flexibility index (Phi) is 5.39. The Hall–Kier alpha value is -0.910. The zero-order chi connectivity index (χ0) is 16.3. The summed E-state index contributed by atoms with van der Waals surface area (Å²) in [6, 6.07) is 7.86. The van der Waals surface area contributed by atoms with Crippen molar-refractivity contribution >= 4 is 10.0 Å². The van der Waals surface area contributed by atoms with Crippen molar-refractivity contribution in [3.63, 3.8) is 0 Å². The van der Waals surface area contributed by atoms with E-state index in [0.717, 1.165) is 18.7 Å². The highest BCUT2D eigenvalue weighted by atomic mass is 32.2. The highest BCUT2D eigenvalue weighted by molar-refractivity contribution is 7.89. The van der Waals surface area contributed by atoms with Gasteiger partial charge in [0.15, 0.2) is 0 Å². The fourth-order valence-corrected chi connectivity index (χ4v) is 5.21. The van der Waals surface area contributed by atoms with E-state index in [9.17, 15) is 8.42 Å². The molecule has 2 fully saturated rings. The average molecular weight is 337 g/mol. The molecule has 1 saturated carbocycles. The van der Waals surface area contributed by atoms with Gasteiger partial charge >= 0.3 is 0 Å². The van der Waals surface area contributed by atoms with E-state index in [-0.39, 0.29) is 0 Å². The molecule has 0 unspecified atom stereocenters. The first kappa shape index (κ1) is 16.9. The molecule has 23 heavy (non-hydrogen) atoms. The zero-order valence-electron chi connectivity index (χ0n) is 14.1. The topological polar surface area (TPSA) is 40.6 Å². The average Bonchev–Trinajstić information content (AvgIpc) is 2.85. The van der Waals surface area contributed by atoms with Gasteiger partial charge in [-0.05, 0) is 31.9 Å². The lowest BCUT2D eigenvalue weighted by Crippen LogP contribution is -2.51. The van der Waals surface area contributed by atoms with E-state index in [1.54, 1.807) is 16.4 Å².